The summed E-state index contributed by atoms with van der Waals surface area (Å²) in [6.07, 6.45) is 2.22. The van der Waals surface area contributed by atoms with Crippen molar-refractivity contribution in [2.75, 3.05) is 18.0 Å². The molecule has 1 amide bonds. The number of para-hydroxylation sites is 1. The zero-order valence-electron chi connectivity index (χ0n) is 14.4. The number of amides is 1. The Balaban J connectivity index is 1.64. The van der Waals surface area contributed by atoms with E-state index in [1.54, 1.807) is 12.1 Å². The first-order valence-corrected chi connectivity index (χ1v) is 8.88. The van der Waals surface area contributed by atoms with Crippen molar-refractivity contribution in [1.82, 2.24) is 10.3 Å². The minimum absolute atomic E-state index is 0.186. The molecule has 1 aliphatic rings. The number of carbonyl (C=O) groups is 1. The number of hydrogen-bond acceptors (Lipinski definition) is 3. The number of aromatic nitrogens is 1. The number of benzene rings is 2. The molecule has 0 radical (unpaired) electrons. The second-order valence-electron chi connectivity index (χ2n) is 6.56. The summed E-state index contributed by atoms with van der Waals surface area (Å²) in [5.41, 5.74) is 2.19. The van der Waals surface area contributed by atoms with E-state index in [1.165, 1.54) is 12.1 Å². The smallest absolute Gasteiger partial charge is 0.255 e. The summed E-state index contributed by atoms with van der Waals surface area (Å²) in [7, 11) is 0. The van der Waals surface area contributed by atoms with Gasteiger partial charge in [-0.2, -0.15) is 0 Å². The molecule has 1 saturated heterocycles. The van der Waals surface area contributed by atoms with Gasteiger partial charge < -0.3 is 10.2 Å². The SMILES string of the molecule is O=C(NCc1cccc(F)c1)c1cc2ccccc2nc1N1CCCC1. The molecule has 0 atom stereocenters. The van der Waals surface area contributed by atoms with Gasteiger partial charge in [0, 0.05) is 25.0 Å². The van der Waals surface area contributed by atoms with Crippen LogP contribution in [-0.4, -0.2) is 24.0 Å². The largest absolute Gasteiger partial charge is 0.356 e. The van der Waals surface area contributed by atoms with Gasteiger partial charge in [-0.15, -0.1) is 0 Å². The summed E-state index contributed by atoms with van der Waals surface area (Å²) < 4.78 is 13.3. The van der Waals surface area contributed by atoms with E-state index in [0.717, 1.165) is 48.2 Å². The molecule has 2 aromatic carbocycles. The maximum absolute atomic E-state index is 13.3. The molecule has 0 unspecified atom stereocenters. The highest BCUT2D eigenvalue weighted by atomic mass is 19.1. The van der Waals surface area contributed by atoms with Crippen molar-refractivity contribution in [2.24, 2.45) is 0 Å². The van der Waals surface area contributed by atoms with Gasteiger partial charge in [-0.25, -0.2) is 9.37 Å². The van der Waals surface area contributed by atoms with Crippen LogP contribution in [0.5, 0.6) is 0 Å². The summed E-state index contributed by atoms with van der Waals surface area (Å²) in [4.78, 5) is 19.8. The van der Waals surface area contributed by atoms with Crippen molar-refractivity contribution in [3.63, 3.8) is 0 Å². The molecule has 1 aromatic heterocycles. The number of carbonyl (C=O) groups excluding carboxylic acids is 1. The number of rotatable bonds is 4. The van der Waals surface area contributed by atoms with E-state index < -0.39 is 0 Å². The molecular formula is C21H20FN3O. The Hall–Kier alpha value is -2.95. The molecule has 132 valence electrons. The second-order valence-corrected chi connectivity index (χ2v) is 6.56. The van der Waals surface area contributed by atoms with Crippen LogP contribution in [0, 0.1) is 5.82 Å². The third kappa shape index (κ3) is 3.38. The Labute approximate surface area is 151 Å². The minimum atomic E-state index is -0.304. The van der Waals surface area contributed by atoms with E-state index in [-0.39, 0.29) is 18.3 Å². The second kappa shape index (κ2) is 7.12. The van der Waals surface area contributed by atoms with Gasteiger partial charge in [0.2, 0.25) is 0 Å². The number of pyridine rings is 1. The first-order chi connectivity index (χ1) is 12.7. The van der Waals surface area contributed by atoms with E-state index in [0.29, 0.717) is 5.56 Å². The predicted octanol–water partition coefficient (Wildman–Crippen LogP) is 3.90. The lowest BCUT2D eigenvalue weighted by Gasteiger charge is -2.20. The lowest BCUT2D eigenvalue weighted by molar-refractivity contribution is 0.0951. The Morgan fingerprint density at radius 1 is 1.08 bits per heavy atom. The molecule has 5 heteroatoms. The minimum Gasteiger partial charge on any atom is -0.356 e. The molecule has 0 saturated carbocycles. The van der Waals surface area contributed by atoms with Crippen molar-refractivity contribution in [1.29, 1.82) is 0 Å². The highest BCUT2D eigenvalue weighted by Crippen LogP contribution is 2.26. The van der Waals surface area contributed by atoms with Gasteiger partial charge in [0.15, 0.2) is 0 Å². The number of nitrogens with one attached hydrogen (secondary N) is 1. The zero-order valence-corrected chi connectivity index (χ0v) is 14.4. The summed E-state index contributed by atoms with van der Waals surface area (Å²) in [6.45, 7) is 2.11. The van der Waals surface area contributed by atoms with Crippen LogP contribution >= 0.6 is 0 Å². The van der Waals surface area contributed by atoms with Crippen molar-refractivity contribution < 1.29 is 9.18 Å². The highest BCUT2D eigenvalue weighted by Gasteiger charge is 2.22. The zero-order chi connectivity index (χ0) is 17.9. The third-order valence-corrected chi connectivity index (χ3v) is 4.70. The van der Waals surface area contributed by atoms with E-state index in [4.69, 9.17) is 4.98 Å². The topological polar surface area (TPSA) is 45.2 Å². The molecule has 0 bridgehead atoms. The molecule has 3 aromatic rings. The van der Waals surface area contributed by atoms with Crippen LogP contribution in [0.15, 0.2) is 54.6 Å². The molecule has 0 aliphatic carbocycles. The van der Waals surface area contributed by atoms with Crippen LogP contribution in [-0.2, 0) is 6.54 Å². The Bertz CT molecular complexity index is 951. The number of anilines is 1. The Kier molecular flexibility index (Phi) is 4.52. The van der Waals surface area contributed by atoms with Gasteiger partial charge in [0.25, 0.3) is 5.91 Å². The summed E-state index contributed by atoms with van der Waals surface area (Å²) in [5, 5.41) is 3.84. The molecule has 4 nitrogen and oxygen atoms in total. The fourth-order valence-electron chi connectivity index (χ4n) is 3.37. The predicted molar refractivity (Wildman–Crippen MR) is 101 cm³/mol. The van der Waals surface area contributed by atoms with Crippen LogP contribution in [0.1, 0.15) is 28.8 Å². The quantitative estimate of drug-likeness (QED) is 0.777. The highest BCUT2D eigenvalue weighted by molar-refractivity contribution is 6.02. The molecule has 26 heavy (non-hydrogen) atoms. The van der Waals surface area contributed by atoms with Crippen LogP contribution in [0.4, 0.5) is 10.2 Å². The van der Waals surface area contributed by atoms with Gasteiger partial charge in [0.05, 0.1) is 11.1 Å². The monoisotopic (exact) mass is 349 g/mol. The molecule has 1 aliphatic heterocycles. The average Bonchev–Trinajstić information content (AvgIpc) is 3.20. The lowest BCUT2D eigenvalue weighted by Crippen LogP contribution is -2.28. The molecule has 1 fully saturated rings. The molecule has 1 N–H and O–H groups in total. The Morgan fingerprint density at radius 2 is 1.88 bits per heavy atom. The van der Waals surface area contributed by atoms with Crippen molar-refractivity contribution in [3.05, 3.63) is 71.5 Å². The van der Waals surface area contributed by atoms with Crippen LogP contribution < -0.4 is 10.2 Å². The van der Waals surface area contributed by atoms with Crippen molar-refractivity contribution in [2.45, 2.75) is 19.4 Å². The molecular weight excluding hydrogens is 329 g/mol. The number of nitrogens with zero attached hydrogens (tertiary/aromatic N) is 2. The normalized spacial score (nSPS) is 14.0. The average molecular weight is 349 g/mol. The number of halogens is 1. The van der Waals surface area contributed by atoms with Gasteiger partial charge in [-0.1, -0.05) is 30.3 Å². The van der Waals surface area contributed by atoms with E-state index >= 15 is 0 Å². The van der Waals surface area contributed by atoms with Crippen molar-refractivity contribution in [3.8, 4) is 0 Å². The maximum atomic E-state index is 13.3. The standard InChI is InChI=1S/C21H20FN3O/c22-17-8-5-6-15(12-17)14-23-21(26)18-13-16-7-1-2-9-19(16)24-20(18)25-10-3-4-11-25/h1-2,5-9,12-13H,3-4,10-11,14H2,(H,23,26). The van der Waals surface area contributed by atoms with Gasteiger partial charge in [-0.3, -0.25) is 4.79 Å². The van der Waals surface area contributed by atoms with E-state index in [2.05, 4.69) is 10.2 Å². The maximum Gasteiger partial charge on any atom is 0.255 e. The lowest BCUT2D eigenvalue weighted by atomic mass is 10.1. The fraction of sp³-hybridized carbons (Fsp3) is 0.238. The fourth-order valence-corrected chi connectivity index (χ4v) is 3.37. The van der Waals surface area contributed by atoms with Crippen LogP contribution in [0.2, 0.25) is 0 Å². The summed E-state index contributed by atoms with van der Waals surface area (Å²) in [5.74, 6) is 0.245. The van der Waals surface area contributed by atoms with Gasteiger partial charge in [-0.05, 0) is 42.7 Å². The van der Waals surface area contributed by atoms with Crippen molar-refractivity contribution >= 4 is 22.6 Å². The first kappa shape index (κ1) is 16.5. The van der Waals surface area contributed by atoms with Crippen LogP contribution in [0.25, 0.3) is 10.9 Å². The Morgan fingerprint density at radius 3 is 2.69 bits per heavy atom. The summed E-state index contributed by atoms with van der Waals surface area (Å²) >= 11 is 0. The van der Waals surface area contributed by atoms with Gasteiger partial charge >= 0.3 is 0 Å². The first-order valence-electron chi connectivity index (χ1n) is 8.88. The van der Waals surface area contributed by atoms with Crippen LogP contribution in [0.3, 0.4) is 0 Å². The van der Waals surface area contributed by atoms with E-state index in [1.807, 2.05) is 30.3 Å². The van der Waals surface area contributed by atoms with Gasteiger partial charge in [0.1, 0.15) is 11.6 Å². The third-order valence-electron chi connectivity index (χ3n) is 4.70. The van der Waals surface area contributed by atoms with E-state index in [9.17, 15) is 9.18 Å². The number of fused-ring (bicyclic) bond motifs is 1. The number of hydrogen-bond donors (Lipinski definition) is 1. The molecule has 4 rings (SSSR count). The molecule has 0 spiro atoms. The molecule has 2 heterocycles. The summed E-state index contributed by atoms with van der Waals surface area (Å²) in [6, 6.07) is 16.0.